The molecule has 0 saturated carbocycles. The van der Waals surface area contributed by atoms with Gasteiger partial charge in [0.15, 0.2) is 0 Å². The Balaban J connectivity index is 1.55. The summed E-state index contributed by atoms with van der Waals surface area (Å²) in [4.78, 5) is 17.2. The van der Waals surface area contributed by atoms with Gasteiger partial charge in [-0.3, -0.25) is 9.78 Å². The fraction of sp³-hybridized carbons (Fsp3) is 0.0833. The van der Waals surface area contributed by atoms with E-state index in [1.807, 2.05) is 30.3 Å². The predicted molar refractivity (Wildman–Crippen MR) is 126 cm³/mol. The second-order valence-electron chi connectivity index (χ2n) is 7.20. The Hall–Kier alpha value is -3.26. The average Bonchev–Trinajstić information content (AvgIpc) is 2.79. The van der Waals surface area contributed by atoms with Gasteiger partial charge in [0, 0.05) is 28.7 Å². The number of hydrogen-bond acceptors (Lipinski definition) is 4. The van der Waals surface area contributed by atoms with Gasteiger partial charge in [0.2, 0.25) is 15.9 Å². The van der Waals surface area contributed by atoms with Gasteiger partial charge in [-0.1, -0.05) is 48.0 Å². The molecule has 1 amide bonds. The lowest BCUT2D eigenvalue weighted by Gasteiger charge is -2.19. The van der Waals surface area contributed by atoms with Crippen LogP contribution < -0.4 is 10.0 Å². The van der Waals surface area contributed by atoms with Crippen molar-refractivity contribution in [2.75, 3.05) is 5.32 Å². The Labute approximate surface area is 191 Å². The highest BCUT2D eigenvalue weighted by atomic mass is 35.5. The standard InChI is InChI=1S/C24H20ClN3O3S/c25-19-8-11-21(12-9-19)32(30,31)28-23(17-5-2-1-3-6-17)16-24(29)27-20-10-13-22-18(15-20)7-4-14-26-22/h1-15,23,28H,16H2,(H,27,29). The maximum Gasteiger partial charge on any atom is 0.241 e. The van der Waals surface area contributed by atoms with Crippen LogP contribution in [0.1, 0.15) is 18.0 Å². The first-order chi connectivity index (χ1) is 15.4. The highest BCUT2D eigenvalue weighted by Gasteiger charge is 2.24. The van der Waals surface area contributed by atoms with E-state index in [0.717, 1.165) is 10.9 Å². The normalized spacial score (nSPS) is 12.4. The number of amides is 1. The number of fused-ring (bicyclic) bond motifs is 1. The second-order valence-corrected chi connectivity index (χ2v) is 9.35. The van der Waals surface area contributed by atoms with E-state index >= 15 is 0 Å². The van der Waals surface area contributed by atoms with Gasteiger partial charge in [0.05, 0.1) is 16.5 Å². The highest BCUT2D eigenvalue weighted by Crippen LogP contribution is 2.23. The molecule has 4 rings (SSSR count). The van der Waals surface area contributed by atoms with Crippen molar-refractivity contribution in [2.45, 2.75) is 17.4 Å². The Kier molecular flexibility index (Phi) is 6.50. The monoisotopic (exact) mass is 465 g/mol. The lowest BCUT2D eigenvalue weighted by molar-refractivity contribution is -0.116. The van der Waals surface area contributed by atoms with E-state index in [2.05, 4.69) is 15.0 Å². The number of halogens is 1. The van der Waals surface area contributed by atoms with Gasteiger partial charge < -0.3 is 5.32 Å². The number of sulfonamides is 1. The van der Waals surface area contributed by atoms with Crippen LogP contribution in [0, 0.1) is 0 Å². The molecule has 4 aromatic rings. The smallest absolute Gasteiger partial charge is 0.241 e. The van der Waals surface area contributed by atoms with Crippen molar-refractivity contribution in [1.82, 2.24) is 9.71 Å². The van der Waals surface area contributed by atoms with E-state index in [0.29, 0.717) is 16.3 Å². The molecule has 1 aromatic heterocycles. The summed E-state index contributed by atoms with van der Waals surface area (Å²) in [6, 6.07) is 23.3. The minimum absolute atomic E-state index is 0.0743. The first-order valence-corrected chi connectivity index (χ1v) is 11.7. The predicted octanol–water partition coefficient (Wildman–Crippen LogP) is 4.94. The van der Waals surface area contributed by atoms with E-state index in [-0.39, 0.29) is 17.2 Å². The third kappa shape index (κ3) is 5.31. The van der Waals surface area contributed by atoms with Crippen molar-refractivity contribution >= 4 is 44.1 Å². The van der Waals surface area contributed by atoms with Crippen LogP contribution in [-0.2, 0) is 14.8 Å². The number of rotatable bonds is 7. The molecule has 0 aliphatic heterocycles. The molecule has 0 radical (unpaired) electrons. The molecular formula is C24H20ClN3O3S. The summed E-state index contributed by atoms with van der Waals surface area (Å²) in [5, 5.41) is 4.18. The van der Waals surface area contributed by atoms with Gasteiger partial charge in [-0.05, 0) is 54.1 Å². The third-order valence-corrected chi connectivity index (χ3v) is 6.64. The quantitative estimate of drug-likeness (QED) is 0.404. The van der Waals surface area contributed by atoms with Crippen LogP contribution in [0.2, 0.25) is 5.02 Å². The number of nitrogens with zero attached hydrogens (tertiary/aromatic N) is 1. The summed E-state index contributed by atoms with van der Waals surface area (Å²) >= 11 is 5.87. The zero-order chi connectivity index (χ0) is 22.6. The molecule has 3 aromatic carbocycles. The Bertz CT molecular complexity index is 1340. The number of hydrogen-bond donors (Lipinski definition) is 2. The summed E-state index contributed by atoms with van der Waals surface area (Å²) in [7, 11) is -3.87. The number of aromatic nitrogens is 1. The van der Waals surface area contributed by atoms with Gasteiger partial charge >= 0.3 is 0 Å². The van der Waals surface area contributed by atoms with Crippen molar-refractivity contribution in [2.24, 2.45) is 0 Å². The summed E-state index contributed by atoms with van der Waals surface area (Å²) in [5.41, 5.74) is 2.12. The number of benzene rings is 3. The van der Waals surface area contributed by atoms with Crippen molar-refractivity contribution in [3.8, 4) is 0 Å². The first kappa shape index (κ1) is 22.0. The fourth-order valence-electron chi connectivity index (χ4n) is 3.33. The van der Waals surface area contributed by atoms with Crippen LogP contribution in [0.25, 0.3) is 10.9 Å². The van der Waals surface area contributed by atoms with Crippen LogP contribution in [0.5, 0.6) is 0 Å². The number of pyridine rings is 1. The number of carbonyl (C=O) groups excluding carboxylic acids is 1. The van der Waals surface area contributed by atoms with Crippen molar-refractivity contribution in [1.29, 1.82) is 0 Å². The van der Waals surface area contributed by atoms with E-state index in [1.165, 1.54) is 24.3 Å². The van der Waals surface area contributed by atoms with Gasteiger partial charge in [0.25, 0.3) is 0 Å². The fourth-order valence-corrected chi connectivity index (χ4v) is 4.68. The molecule has 0 fully saturated rings. The van der Waals surface area contributed by atoms with Gasteiger partial charge in [-0.15, -0.1) is 0 Å². The summed E-state index contributed by atoms with van der Waals surface area (Å²) < 4.78 is 28.5. The van der Waals surface area contributed by atoms with Crippen molar-refractivity contribution < 1.29 is 13.2 Å². The van der Waals surface area contributed by atoms with Crippen molar-refractivity contribution in [3.63, 3.8) is 0 Å². The maximum atomic E-state index is 12.9. The van der Waals surface area contributed by atoms with Crippen LogP contribution in [0.4, 0.5) is 5.69 Å². The lowest BCUT2D eigenvalue weighted by Crippen LogP contribution is -2.31. The summed E-state index contributed by atoms with van der Waals surface area (Å²) in [5.74, 6) is -0.319. The third-order valence-electron chi connectivity index (χ3n) is 4.90. The molecule has 0 saturated heterocycles. The molecule has 32 heavy (non-hydrogen) atoms. The van der Waals surface area contributed by atoms with E-state index in [9.17, 15) is 13.2 Å². The SMILES string of the molecule is O=C(CC(NS(=O)(=O)c1ccc(Cl)cc1)c1ccccc1)Nc1ccc2ncccc2c1. The molecule has 1 unspecified atom stereocenters. The molecule has 2 N–H and O–H groups in total. The summed E-state index contributed by atoms with van der Waals surface area (Å²) in [6.07, 6.45) is 1.62. The van der Waals surface area contributed by atoms with E-state index in [1.54, 1.807) is 36.5 Å². The molecule has 1 atom stereocenters. The molecule has 8 heteroatoms. The maximum absolute atomic E-state index is 12.9. The Morgan fingerprint density at radius 1 is 0.938 bits per heavy atom. The van der Waals surface area contributed by atoms with Crippen LogP contribution in [-0.4, -0.2) is 19.3 Å². The molecule has 1 heterocycles. The van der Waals surface area contributed by atoms with Crippen LogP contribution >= 0.6 is 11.6 Å². The lowest BCUT2D eigenvalue weighted by atomic mass is 10.0. The van der Waals surface area contributed by atoms with Crippen LogP contribution in [0.15, 0.2) is 96.0 Å². The second kappa shape index (κ2) is 9.48. The van der Waals surface area contributed by atoms with Gasteiger partial charge in [-0.25, -0.2) is 13.1 Å². The number of anilines is 1. The van der Waals surface area contributed by atoms with E-state index < -0.39 is 16.1 Å². The zero-order valence-electron chi connectivity index (χ0n) is 16.9. The van der Waals surface area contributed by atoms with Gasteiger partial charge in [0.1, 0.15) is 0 Å². The minimum atomic E-state index is -3.87. The van der Waals surface area contributed by atoms with Crippen LogP contribution in [0.3, 0.4) is 0 Å². The largest absolute Gasteiger partial charge is 0.326 e. The molecule has 162 valence electrons. The topological polar surface area (TPSA) is 88.2 Å². The molecule has 0 aliphatic rings. The van der Waals surface area contributed by atoms with E-state index in [4.69, 9.17) is 11.6 Å². The Morgan fingerprint density at radius 3 is 2.44 bits per heavy atom. The molecule has 0 bridgehead atoms. The van der Waals surface area contributed by atoms with Gasteiger partial charge in [-0.2, -0.15) is 0 Å². The number of nitrogens with one attached hydrogen (secondary N) is 2. The first-order valence-electron chi connectivity index (χ1n) is 9.88. The minimum Gasteiger partial charge on any atom is -0.326 e. The molecular weight excluding hydrogens is 446 g/mol. The Morgan fingerprint density at radius 2 is 1.69 bits per heavy atom. The molecule has 0 spiro atoms. The van der Waals surface area contributed by atoms with Crippen molar-refractivity contribution in [3.05, 3.63) is 102 Å². The summed E-state index contributed by atoms with van der Waals surface area (Å²) in [6.45, 7) is 0. The number of carbonyl (C=O) groups is 1. The average molecular weight is 466 g/mol. The highest BCUT2D eigenvalue weighted by molar-refractivity contribution is 7.89. The molecule has 0 aliphatic carbocycles. The molecule has 6 nitrogen and oxygen atoms in total. The zero-order valence-corrected chi connectivity index (χ0v) is 18.5.